The molecule has 0 aliphatic carbocycles. The number of nitrogens with one attached hydrogen (secondary N) is 1. The highest BCUT2D eigenvalue weighted by atomic mass is 19.1. The van der Waals surface area contributed by atoms with E-state index in [9.17, 15) is 9.18 Å². The molecule has 1 amide bonds. The Morgan fingerprint density at radius 3 is 2.89 bits per heavy atom. The second-order valence-electron chi connectivity index (χ2n) is 5.03. The lowest BCUT2D eigenvalue weighted by Crippen LogP contribution is -2.32. The van der Waals surface area contributed by atoms with E-state index in [1.807, 2.05) is 26.8 Å². The Balaban J connectivity index is 2.26. The summed E-state index contributed by atoms with van der Waals surface area (Å²) in [7, 11) is 0. The Labute approximate surface area is 112 Å². The van der Waals surface area contributed by atoms with Crippen LogP contribution in [0.5, 0.6) is 0 Å². The SMILES string of the molecule is CC(C)(C)OC(=O)NCCC=Cc1ccnc(F)c1. The van der Waals surface area contributed by atoms with Crippen molar-refractivity contribution >= 4 is 12.2 Å². The Morgan fingerprint density at radius 2 is 2.26 bits per heavy atom. The Kier molecular flexibility index (Phi) is 5.48. The molecule has 0 spiro atoms. The van der Waals surface area contributed by atoms with Crippen LogP contribution in [0.3, 0.4) is 0 Å². The normalized spacial score (nSPS) is 11.6. The van der Waals surface area contributed by atoms with Crippen molar-refractivity contribution in [3.05, 3.63) is 35.9 Å². The van der Waals surface area contributed by atoms with Crippen molar-refractivity contribution in [1.82, 2.24) is 10.3 Å². The van der Waals surface area contributed by atoms with Gasteiger partial charge in [0.05, 0.1) is 0 Å². The molecule has 4 nitrogen and oxygen atoms in total. The molecule has 0 saturated heterocycles. The zero-order valence-corrected chi connectivity index (χ0v) is 11.4. The van der Waals surface area contributed by atoms with Gasteiger partial charge < -0.3 is 10.1 Å². The van der Waals surface area contributed by atoms with Crippen LogP contribution in [0.2, 0.25) is 0 Å². The van der Waals surface area contributed by atoms with E-state index in [1.165, 1.54) is 12.3 Å². The molecule has 0 aliphatic rings. The number of alkyl carbamates (subject to hydrolysis) is 1. The first-order chi connectivity index (χ1) is 8.87. The summed E-state index contributed by atoms with van der Waals surface area (Å²) in [6, 6.07) is 3.05. The van der Waals surface area contributed by atoms with Crippen LogP contribution in [-0.4, -0.2) is 23.2 Å². The van der Waals surface area contributed by atoms with Crippen LogP contribution >= 0.6 is 0 Å². The minimum absolute atomic E-state index is 0.434. The lowest BCUT2D eigenvalue weighted by Gasteiger charge is -2.19. The molecule has 0 saturated carbocycles. The Morgan fingerprint density at radius 1 is 1.53 bits per heavy atom. The van der Waals surface area contributed by atoms with Gasteiger partial charge in [-0.05, 0) is 38.8 Å². The van der Waals surface area contributed by atoms with E-state index in [1.54, 1.807) is 12.1 Å². The summed E-state index contributed by atoms with van der Waals surface area (Å²) in [4.78, 5) is 14.8. The largest absolute Gasteiger partial charge is 0.444 e. The second kappa shape index (κ2) is 6.87. The number of carbonyl (C=O) groups excluding carboxylic acids is 1. The van der Waals surface area contributed by atoms with Gasteiger partial charge >= 0.3 is 6.09 Å². The van der Waals surface area contributed by atoms with Crippen molar-refractivity contribution in [2.24, 2.45) is 0 Å². The molecule has 1 N–H and O–H groups in total. The molecule has 0 radical (unpaired) electrons. The van der Waals surface area contributed by atoms with Crippen molar-refractivity contribution in [3.63, 3.8) is 0 Å². The standard InChI is InChI=1S/C14H19FN2O2/c1-14(2,3)19-13(18)17-8-5-4-6-11-7-9-16-12(15)10-11/h4,6-7,9-10H,5,8H2,1-3H3,(H,17,18). The fourth-order valence-electron chi connectivity index (χ4n) is 1.31. The van der Waals surface area contributed by atoms with E-state index in [4.69, 9.17) is 4.74 Å². The number of aromatic nitrogens is 1. The maximum absolute atomic E-state index is 12.8. The van der Waals surface area contributed by atoms with Gasteiger partial charge in [-0.1, -0.05) is 12.2 Å². The third kappa shape index (κ3) is 7.18. The average Bonchev–Trinajstić information content (AvgIpc) is 2.26. The quantitative estimate of drug-likeness (QED) is 0.672. The third-order valence-corrected chi connectivity index (χ3v) is 2.04. The molecule has 0 fully saturated rings. The van der Waals surface area contributed by atoms with Gasteiger partial charge in [-0.3, -0.25) is 0 Å². The molecule has 0 aromatic carbocycles. The van der Waals surface area contributed by atoms with Gasteiger partial charge in [0.1, 0.15) is 5.60 Å². The summed E-state index contributed by atoms with van der Waals surface area (Å²) in [5.74, 6) is -0.506. The number of halogens is 1. The Bertz CT molecular complexity index is 453. The van der Waals surface area contributed by atoms with E-state index in [-0.39, 0.29) is 0 Å². The molecule has 5 heteroatoms. The summed E-state index contributed by atoms with van der Waals surface area (Å²) in [6.07, 6.45) is 5.25. The van der Waals surface area contributed by atoms with Gasteiger partial charge in [0.2, 0.25) is 5.95 Å². The smallest absolute Gasteiger partial charge is 0.407 e. The number of hydrogen-bond acceptors (Lipinski definition) is 3. The molecule has 0 aliphatic heterocycles. The van der Waals surface area contributed by atoms with Crippen LogP contribution in [0.15, 0.2) is 24.4 Å². The molecule has 19 heavy (non-hydrogen) atoms. The first kappa shape index (κ1) is 15.1. The van der Waals surface area contributed by atoms with Gasteiger partial charge in [-0.25, -0.2) is 9.78 Å². The molecule has 0 unspecified atom stereocenters. The third-order valence-electron chi connectivity index (χ3n) is 2.04. The average molecular weight is 266 g/mol. The number of carbonyl (C=O) groups is 1. The summed E-state index contributed by atoms with van der Waals surface area (Å²) in [6.45, 7) is 5.90. The molecule has 1 heterocycles. The second-order valence-corrected chi connectivity index (χ2v) is 5.03. The van der Waals surface area contributed by atoms with E-state index >= 15 is 0 Å². The predicted molar refractivity (Wildman–Crippen MR) is 72.1 cm³/mol. The number of ether oxygens (including phenoxy) is 1. The zero-order valence-electron chi connectivity index (χ0n) is 11.4. The number of rotatable bonds is 4. The van der Waals surface area contributed by atoms with Crippen LogP contribution in [0, 0.1) is 5.95 Å². The van der Waals surface area contributed by atoms with Crippen molar-refractivity contribution < 1.29 is 13.9 Å². The highest BCUT2D eigenvalue weighted by Gasteiger charge is 2.14. The van der Waals surface area contributed by atoms with Gasteiger partial charge in [0, 0.05) is 18.8 Å². The number of nitrogens with zero attached hydrogens (tertiary/aromatic N) is 1. The summed E-state index contributed by atoms with van der Waals surface area (Å²) >= 11 is 0. The molecule has 104 valence electrons. The van der Waals surface area contributed by atoms with Crippen molar-refractivity contribution in [2.45, 2.75) is 32.8 Å². The lowest BCUT2D eigenvalue weighted by molar-refractivity contribution is 0.0529. The fraction of sp³-hybridized carbons (Fsp3) is 0.429. The van der Waals surface area contributed by atoms with E-state index in [2.05, 4.69) is 10.3 Å². The monoisotopic (exact) mass is 266 g/mol. The number of pyridine rings is 1. The number of hydrogen-bond donors (Lipinski definition) is 1. The lowest BCUT2D eigenvalue weighted by atomic mass is 10.2. The van der Waals surface area contributed by atoms with Crippen molar-refractivity contribution in [3.8, 4) is 0 Å². The summed E-state index contributed by atoms with van der Waals surface area (Å²) < 4.78 is 17.9. The van der Waals surface area contributed by atoms with Gasteiger partial charge in [0.25, 0.3) is 0 Å². The van der Waals surface area contributed by atoms with Crippen LogP contribution in [0.4, 0.5) is 9.18 Å². The van der Waals surface area contributed by atoms with Crippen molar-refractivity contribution in [1.29, 1.82) is 0 Å². The molecular formula is C14H19FN2O2. The van der Waals surface area contributed by atoms with Gasteiger partial charge in [-0.2, -0.15) is 4.39 Å². The first-order valence-corrected chi connectivity index (χ1v) is 6.12. The van der Waals surface area contributed by atoms with E-state index in [0.717, 1.165) is 5.56 Å². The molecule has 0 atom stereocenters. The summed E-state index contributed by atoms with van der Waals surface area (Å²) in [5, 5.41) is 2.64. The maximum atomic E-state index is 12.8. The van der Waals surface area contributed by atoms with Crippen LogP contribution in [0.1, 0.15) is 32.8 Å². The topological polar surface area (TPSA) is 51.2 Å². The molecule has 1 aromatic rings. The molecule has 1 rings (SSSR count). The first-order valence-electron chi connectivity index (χ1n) is 6.12. The van der Waals surface area contributed by atoms with Crippen LogP contribution < -0.4 is 5.32 Å². The van der Waals surface area contributed by atoms with Crippen LogP contribution in [0.25, 0.3) is 6.08 Å². The predicted octanol–water partition coefficient (Wildman–Crippen LogP) is 3.15. The maximum Gasteiger partial charge on any atom is 0.407 e. The highest BCUT2D eigenvalue weighted by molar-refractivity contribution is 5.67. The highest BCUT2D eigenvalue weighted by Crippen LogP contribution is 2.06. The Hall–Kier alpha value is -1.91. The molecule has 1 aromatic heterocycles. The fourth-order valence-corrected chi connectivity index (χ4v) is 1.31. The minimum atomic E-state index is -0.506. The minimum Gasteiger partial charge on any atom is -0.444 e. The molecular weight excluding hydrogens is 247 g/mol. The zero-order chi connectivity index (χ0) is 14.3. The van der Waals surface area contributed by atoms with Crippen molar-refractivity contribution in [2.75, 3.05) is 6.54 Å². The van der Waals surface area contributed by atoms with Gasteiger partial charge in [0.15, 0.2) is 0 Å². The van der Waals surface area contributed by atoms with Gasteiger partial charge in [-0.15, -0.1) is 0 Å². The number of amides is 1. The van der Waals surface area contributed by atoms with Crippen LogP contribution in [-0.2, 0) is 4.74 Å². The molecule has 0 bridgehead atoms. The van der Waals surface area contributed by atoms with E-state index in [0.29, 0.717) is 13.0 Å². The summed E-state index contributed by atoms with van der Waals surface area (Å²) in [5.41, 5.74) is 0.249. The van der Waals surface area contributed by atoms with E-state index < -0.39 is 17.6 Å².